The Morgan fingerprint density at radius 3 is 2.13 bits per heavy atom. The number of fused-ring (bicyclic) bond motifs is 3. The van der Waals surface area contributed by atoms with E-state index in [1.807, 2.05) is 23.6 Å². The van der Waals surface area contributed by atoms with Crippen LogP contribution in [0.15, 0.2) is 103 Å². The summed E-state index contributed by atoms with van der Waals surface area (Å²) in [5.41, 5.74) is 12.4. The molecule has 3 aromatic heterocycles. The molecule has 0 aliphatic rings. The molecule has 2 nitrogen and oxygen atoms in total. The van der Waals surface area contributed by atoms with Crippen LogP contribution >= 0.6 is 11.3 Å². The van der Waals surface area contributed by atoms with Crippen molar-refractivity contribution in [3.8, 4) is 33.6 Å². The molecule has 287 valence electrons. The standard InChI is InChI=1S/C29H26NS.C21H30NSi.Ir/c1-19-8-10-21(11-9-19)22-12-13-27-25(17-22)23-6-5-7-24(28(23)31-27)26-16-20(14-15-30-26)18-29(2,3)4;1-15(2)12-19-13-20(22-14-21(19)23(5,6)7)18-10-8-17(9-11-18)16(3)4;/h5-6,8-17H,18H2,1-4H3;8-10,13-16H,12H2,1-7H3;/q2*-1;. The van der Waals surface area contributed by atoms with E-state index in [9.17, 15) is 0 Å². The zero-order valence-electron chi connectivity index (χ0n) is 34.5. The topological polar surface area (TPSA) is 25.8 Å². The summed E-state index contributed by atoms with van der Waals surface area (Å²) >= 11 is 1.84. The van der Waals surface area contributed by atoms with Crippen LogP contribution in [0.4, 0.5) is 0 Å². The number of hydrogen-bond donors (Lipinski definition) is 0. The van der Waals surface area contributed by atoms with Gasteiger partial charge in [0.25, 0.3) is 0 Å². The Kier molecular flexibility index (Phi) is 13.6. The van der Waals surface area contributed by atoms with Crippen molar-refractivity contribution >= 4 is 44.8 Å². The number of hydrogen-bond acceptors (Lipinski definition) is 3. The molecule has 0 fully saturated rings. The molecule has 7 rings (SSSR count). The molecule has 4 aromatic carbocycles. The van der Waals surface area contributed by atoms with E-state index >= 15 is 0 Å². The molecule has 0 aliphatic heterocycles. The van der Waals surface area contributed by atoms with E-state index in [4.69, 9.17) is 9.97 Å². The Morgan fingerprint density at radius 2 is 1.49 bits per heavy atom. The van der Waals surface area contributed by atoms with Gasteiger partial charge in [0.05, 0.1) is 8.07 Å². The average molecular weight is 937 g/mol. The Labute approximate surface area is 349 Å². The third kappa shape index (κ3) is 10.6. The molecule has 5 heteroatoms. The molecule has 55 heavy (non-hydrogen) atoms. The van der Waals surface area contributed by atoms with E-state index in [-0.39, 0.29) is 25.5 Å². The van der Waals surface area contributed by atoms with Crippen molar-refractivity contribution in [1.82, 2.24) is 9.97 Å². The van der Waals surface area contributed by atoms with Gasteiger partial charge >= 0.3 is 0 Å². The Morgan fingerprint density at radius 1 is 0.764 bits per heavy atom. The van der Waals surface area contributed by atoms with Crippen molar-refractivity contribution in [1.29, 1.82) is 0 Å². The summed E-state index contributed by atoms with van der Waals surface area (Å²) in [5.74, 6) is 1.20. The summed E-state index contributed by atoms with van der Waals surface area (Å²) in [7, 11) is -1.37. The smallest absolute Gasteiger partial charge is 0.0798 e. The Bertz CT molecular complexity index is 2360. The molecule has 0 N–H and O–H groups in total. The second kappa shape index (κ2) is 17.6. The minimum atomic E-state index is -1.37. The SMILES string of the molecule is CC(C)Cc1cc(-c2[c-]cc(C(C)C)cc2)ncc1[Si](C)(C)C.Cc1ccc(-c2ccc3sc4c(-c5cc(CC(C)(C)C)ccn5)[c-]ccc4c3c2)cc1.[Ir]. The predicted molar refractivity (Wildman–Crippen MR) is 239 cm³/mol. The minimum absolute atomic E-state index is 0. The summed E-state index contributed by atoms with van der Waals surface area (Å²) in [6.45, 7) is 25.2. The molecule has 0 unspecified atom stereocenters. The van der Waals surface area contributed by atoms with Crippen LogP contribution in [0, 0.1) is 30.4 Å². The van der Waals surface area contributed by atoms with Crippen LogP contribution < -0.4 is 5.19 Å². The van der Waals surface area contributed by atoms with Gasteiger partial charge < -0.3 is 9.97 Å². The van der Waals surface area contributed by atoms with Crippen LogP contribution in [0.25, 0.3) is 53.8 Å². The largest absolute Gasteiger partial charge is 0.305 e. The number of thiophene rings is 1. The molecule has 0 bridgehead atoms. The van der Waals surface area contributed by atoms with E-state index < -0.39 is 8.07 Å². The average Bonchev–Trinajstić information content (AvgIpc) is 3.49. The van der Waals surface area contributed by atoms with E-state index in [0.717, 1.165) is 35.4 Å². The van der Waals surface area contributed by atoms with Gasteiger partial charge in [0, 0.05) is 37.2 Å². The van der Waals surface area contributed by atoms with Crippen molar-refractivity contribution in [3.05, 3.63) is 138 Å². The minimum Gasteiger partial charge on any atom is -0.305 e. The first-order valence-electron chi connectivity index (χ1n) is 19.5. The van der Waals surface area contributed by atoms with Gasteiger partial charge in [-0.3, -0.25) is 0 Å². The van der Waals surface area contributed by atoms with Crippen LogP contribution in [-0.2, 0) is 32.9 Å². The molecule has 0 aliphatic carbocycles. The van der Waals surface area contributed by atoms with Gasteiger partial charge in [0.1, 0.15) is 0 Å². The zero-order chi connectivity index (χ0) is 38.8. The summed E-state index contributed by atoms with van der Waals surface area (Å²) < 4.78 is 2.57. The molecule has 3 heterocycles. The number of nitrogens with zero attached hydrogens (tertiary/aromatic N) is 2. The quantitative estimate of drug-likeness (QED) is 0.112. The number of pyridine rings is 2. The van der Waals surface area contributed by atoms with Gasteiger partial charge in [-0.15, -0.1) is 59.2 Å². The molecule has 0 atom stereocenters. The summed E-state index contributed by atoms with van der Waals surface area (Å²) in [6.07, 6.45) is 6.22. The van der Waals surface area contributed by atoms with Crippen molar-refractivity contribution < 1.29 is 20.1 Å². The van der Waals surface area contributed by atoms with Gasteiger partial charge in [-0.25, -0.2) is 0 Å². The third-order valence-electron chi connectivity index (χ3n) is 9.84. The summed E-state index contributed by atoms with van der Waals surface area (Å²) in [4.78, 5) is 9.47. The number of rotatable bonds is 8. The van der Waals surface area contributed by atoms with Gasteiger partial charge in [-0.1, -0.05) is 139 Å². The molecule has 7 aromatic rings. The first-order chi connectivity index (χ1) is 25.6. The van der Waals surface area contributed by atoms with Gasteiger partial charge in [-0.05, 0) is 87.1 Å². The van der Waals surface area contributed by atoms with Gasteiger partial charge in [0.2, 0.25) is 0 Å². The molecule has 0 saturated carbocycles. The van der Waals surface area contributed by atoms with E-state index in [0.29, 0.717) is 11.8 Å². The predicted octanol–water partition coefficient (Wildman–Crippen LogP) is 13.9. The molecular formula is C50H56IrN2SSi-2. The van der Waals surface area contributed by atoms with Crippen molar-refractivity contribution in [3.63, 3.8) is 0 Å². The first kappa shape index (κ1) is 42.4. The fraction of sp³-hybridized carbons (Fsp3) is 0.320. The molecule has 0 spiro atoms. The number of aryl methyl sites for hydroxylation is 1. The summed E-state index contributed by atoms with van der Waals surface area (Å²) in [5, 5.41) is 4.08. The molecule has 0 saturated heterocycles. The first-order valence-corrected chi connectivity index (χ1v) is 23.8. The number of benzene rings is 4. The van der Waals surface area contributed by atoms with Crippen LogP contribution in [0.2, 0.25) is 19.6 Å². The third-order valence-corrected chi connectivity index (χ3v) is 13.1. The normalized spacial score (nSPS) is 11.9. The fourth-order valence-electron chi connectivity index (χ4n) is 7.07. The van der Waals surface area contributed by atoms with Crippen LogP contribution in [-0.4, -0.2) is 18.0 Å². The van der Waals surface area contributed by atoms with Crippen LogP contribution in [0.3, 0.4) is 0 Å². The molecule has 0 amide bonds. The maximum absolute atomic E-state index is 4.76. The van der Waals surface area contributed by atoms with Gasteiger partial charge in [0.15, 0.2) is 0 Å². The fourth-order valence-corrected chi connectivity index (χ4v) is 9.85. The second-order valence-electron chi connectivity index (χ2n) is 17.8. The maximum Gasteiger partial charge on any atom is 0.0798 e. The molecular weight excluding hydrogens is 881 g/mol. The zero-order valence-corrected chi connectivity index (χ0v) is 38.7. The maximum atomic E-state index is 4.76. The van der Waals surface area contributed by atoms with Crippen molar-refractivity contribution in [2.45, 2.75) is 93.8 Å². The van der Waals surface area contributed by atoms with Crippen molar-refractivity contribution in [2.75, 3.05) is 0 Å². The van der Waals surface area contributed by atoms with E-state index in [2.05, 4.69) is 178 Å². The van der Waals surface area contributed by atoms with E-state index in [1.165, 1.54) is 58.7 Å². The second-order valence-corrected chi connectivity index (χ2v) is 23.9. The Balaban J connectivity index is 0.000000217. The number of aromatic nitrogens is 2. The van der Waals surface area contributed by atoms with E-state index in [1.54, 1.807) is 0 Å². The molecule has 1 radical (unpaired) electrons. The van der Waals surface area contributed by atoms with Crippen molar-refractivity contribution in [2.24, 2.45) is 11.3 Å². The summed E-state index contributed by atoms with van der Waals surface area (Å²) in [6, 6.07) is 39.8. The Hall–Kier alpha value is -3.73. The van der Waals surface area contributed by atoms with Gasteiger partial charge in [-0.2, -0.15) is 11.3 Å². The monoisotopic (exact) mass is 937 g/mol. The van der Waals surface area contributed by atoms with Crippen LogP contribution in [0.1, 0.15) is 76.6 Å². The van der Waals surface area contributed by atoms with Crippen LogP contribution in [0.5, 0.6) is 0 Å².